The number of hydrogen-bond acceptors (Lipinski definition) is 6. The monoisotopic (exact) mass is 304 g/mol. The number of nitrogens with zero attached hydrogens (tertiary/aromatic N) is 2. The van der Waals surface area contributed by atoms with Crippen LogP contribution in [0.15, 0.2) is 34.9 Å². The zero-order chi connectivity index (χ0) is 15.8. The van der Waals surface area contributed by atoms with Crippen molar-refractivity contribution in [3.05, 3.63) is 47.6 Å². The Morgan fingerprint density at radius 1 is 1.23 bits per heavy atom. The Kier molecular flexibility index (Phi) is 5.47. The van der Waals surface area contributed by atoms with E-state index in [1.165, 1.54) is 0 Å². The van der Waals surface area contributed by atoms with Gasteiger partial charge in [-0.3, -0.25) is 4.79 Å². The minimum absolute atomic E-state index is 0.112. The number of carbonyl (C=O) groups is 2. The number of aromatic nitrogens is 2. The van der Waals surface area contributed by atoms with E-state index < -0.39 is 6.09 Å². The molecule has 0 bridgehead atoms. The second-order valence-electron chi connectivity index (χ2n) is 4.43. The molecule has 0 atom stereocenters. The van der Waals surface area contributed by atoms with Gasteiger partial charge in [-0.15, -0.1) is 0 Å². The quantitative estimate of drug-likeness (QED) is 0.822. The third-order valence-electron chi connectivity index (χ3n) is 2.61. The number of ether oxygens (including phenoxy) is 1. The van der Waals surface area contributed by atoms with E-state index in [0.29, 0.717) is 11.7 Å². The van der Waals surface area contributed by atoms with Crippen LogP contribution in [0.2, 0.25) is 0 Å². The van der Waals surface area contributed by atoms with Gasteiger partial charge in [-0.2, -0.15) is 4.98 Å². The molecule has 8 heteroatoms. The molecule has 2 N–H and O–H groups in total. The van der Waals surface area contributed by atoms with Crippen molar-refractivity contribution in [1.82, 2.24) is 20.8 Å². The Morgan fingerprint density at radius 2 is 2.00 bits per heavy atom. The van der Waals surface area contributed by atoms with Crippen LogP contribution in [0.4, 0.5) is 4.79 Å². The molecule has 1 aromatic heterocycles. The molecule has 0 spiro atoms. The molecule has 0 saturated heterocycles. The van der Waals surface area contributed by atoms with Gasteiger partial charge in [-0.1, -0.05) is 35.5 Å². The summed E-state index contributed by atoms with van der Waals surface area (Å²) < 4.78 is 9.81. The summed E-state index contributed by atoms with van der Waals surface area (Å²) in [6.07, 6.45) is -0.660. The highest BCUT2D eigenvalue weighted by Crippen LogP contribution is 2.00. The van der Waals surface area contributed by atoms with Crippen LogP contribution in [0.5, 0.6) is 0 Å². The van der Waals surface area contributed by atoms with Crippen molar-refractivity contribution in [2.75, 3.05) is 6.54 Å². The number of carbonyl (C=O) groups excluding carboxylic acids is 2. The Hall–Kier alpha value is -2.90. The van der Waals surface area contributed by atoms with Gasteiger partial charge in [0.05, 0.1) is 6.54 Å². The zero-order valence-corrected chi connectivity index (χ0v) is 12.0. The Bertz CT molecular complexity index is 627. The summed E-state index contributed by atoms with van der Waals surface area (Å²) >= 11 is 0. The molecular weight excluding hydrogens is 288 g/mol. The van der Waals surface area contributed by atoms with Crippen LogP contribution in [0.1, 0.15) is 17.3 Å². The molecule has 1 aromatic carbocycles. The van der Waals surface area contributed by atoms with E-state index in [-0.39, 0.29) is 25.6 Å². The molecule has 1 heterocycles. The topological polar surface area (TPSA) is 106 Å². The second kappa shape index (κ2) is 7.77. The van der Waals surface area contributed by atoms with Crippen LogP contribution in [0.25, 0.3) is 0 Å². The smallest absolute Gasteiger partial charge is 0.407 e. The molecule has 116 valence electrons. The van der Waals surface area contributed by atoms with Gasteiger partial charge in [-0.25, -0.2) is 4.79 Å². The van der Waals surface area contributed by atoms with Crippen molar-refractivity contribution in [2.24, 2.45) is 0 Å². The molecule has 0 unspecified atom stereocenters. The van der Waals surface area contributed by atoms with Crippen molar-refractivity contribution in [3.63, 3.8) is 0 Å². The van der Waals surface area contributed by atoms with E-state index in [1.807, 2.05) is 30.3 Å². The Labute approximate surface area is 126 Å². The minimum Gasteiger partial charge on any atom is -0.445 e. The predicted molar refractivity (Wildman–Crippen MR) is 75.5 cm³/mol. The SMILES string of the molecule is Cc1noc(CNC(=O)CNC(=O)OCc2ccccc2)n1. The lowest BCUT2D eigenvalue weighted by atomic mass is 10.2. The van der Waals surface area contributed by atoms with Gasteiger partial charge >= 0.3 is 6.09 Å². The molecule has 8 nitrogen and oxygen atoms in total. The van der Waals surface area contributed by atoms with Gasteiger partial charge in [0, 0.05) is 0 Å². The van der Waals surface area contributed by atoms with Crippen molar-refractivity contribution in [1.29, 1.82) is 0 Å². The van der Waals surface area contributed by atoms with Crippen LogP contribution in [-0.4, -0.2) is 28.7 Å². The number of hydrogen-bond donors (Lipinski definition) is 2. The number of alkyl carbamates (subject to hydrolysis) is 1. The molecule has 2 amide bonds. The normalized spacial score (nSPS) is 10.0. The average molecular weight is 304 g/mol. The van der Waals surface area contributed by atoms with E-state index in [0.717, 1.165) is 5.56 Å². The Balaban J connectivity index is 1.62. The third-order valence-corrected chi connectivity index (χ3v) is 2.61. The summed E-state index contributed by atoms with van der Waals surface area (Å²) in [5, 5.41) is 8.49. The number of nitrogens with one attached hydrogen (secondary N) is 2. The van der Waals surface area contributed by atoms with Crippen molar-refractivity contribution < 1.29 is 18.8 Å². The van der Waals surface area contributed by atoms with Crippen molar-refractivity contribution >= 4 is 12.0 Å². The number of aryl methyl sites for hydroxylation is 1. The summed E-state index contributed by atoms with van der Waals surface area (Å²) in [6, 6.07) is 9.25. The van der Waals surface area contributed by atoms with Crippen LogP contribution in [-0.2, 0) is 22.7 Å². The van der Waals surface area contributed by atoms with Gasteiger partial charge in [0.2, 0.25) is 11.8 Å². The fourth-order valence-electron chi connectivity index (χ4n) is 1.58. The van der Waals surface area contributed by atoms with Crippen LogP contribution in [0, 0.1) is 6.92 Å². The Morgan fingerprint density at radius 3 is 2.68 bits per heavy atom. The molecular formula is C14H16N4O4. The van der Waals surface area contributed by atoms with Crippen LogP contribution in [0.3, 0.4) is 0 Å². The maximum absolute atomic E-state index is 11.5. The summed E-state index contributed by atoms with van der Waals surface area (Å²) in [4.78, 5) is 26.9. The van der Waals surface area contributed by atoms with Gasteiger partial charge < -0.3 is 19.9 Å². The lowest BCUT2D eigenvalue weighted by Gasteiger charge is -2.07. The highest BCUT2D eigenvalue weighted by Gasteiger charge is 2.08. The van der Waals surface area contributed by atoms with E-state index in [2.05, 4.69) is 20.8 Å². The van der Waals surface area contributed by atoms with Gasteiger partial charge in [0.25, 0.3) is 0 Å². The van der Waals surface area contributed by atoms with Gasteiger partial charge in [0.15, 0.2) is 5.82 Å². The maximum Gasteiger partial charge on any atom is 0.407 e. The summed E-state index contributed by atoms with van der Waals surface area (Å²) in [5.41, 5.74) is 0.869. The highest BCUT2D eigenvalue weighted by atomic mass is 16.5. The largest absolute Gasteiger partial charge is 0.445 e. The molecule has 0 saturated carbocycles. The number of rotatable bonds is 6. The number of benzene rings is 1. The fraction of sp³-hybridized carbons (Fsp3) is 0.286. The predicted octanol–water partition coefficient (Wildman–Crippen LogP) is 0.921. The first-order valence-corrected chi connectivity index (χ1v) is 6.64. The summed E-state index contributed by atoms with van der Waals surface area (Å²) in [5.74, 6) is 0.414. The molecule has 2 rings (SSSR count). The molecule has 0 radical (unpaired) electrons. The van der Waals surface area contributed by atoms with E-state index >= 15 is 0 Å². The van der Waals surface area contributed by atoms with Crippen molar-refractivity contribution in [2.45, 2.75) is 20.1 Å². The fourth-order valence-corrected chi connectivity index (χ4v) is 1.58. The maximum atomic E-state index is 11.5. The lowest BCUT2D eigenvalue weighted by Crippen LogP contribution is -2.36. The van der Waals surface area contributed by atoms with Gasteiger partial charge in [0.1, 0.15) is 13.2 Å². The first-order valence-electron chi connectivity index (χ1n) is 6.64. The average Bonchev–Trinajstić information content (AvgIpc) is 2.95. The molecule has 0 aliphatic heterocycles. The van der Waals surface area contributed by atoms with E-state index in [9.17, 15) is 9.59 Å². The van der Waals surface area contributed by atoms with Crippen LogP contribution < -0.4 is 10.6 Å². The lowest BCUT2D eigenvalue weighted by molar-refractivity contribution is -0.120. The molecule has 2 aromatic rings. The number of amides is 2. The first-order chi connectivity index (χ1) is 10.6. The summed E-state index contributed by atoms with van der Waals surface area (Å²) in [7, 11) is 0. The molecule has 0 aliphatic carbocycles. The first kappa shape index (κ1) is 15.5. The second-order valence-corrected chi connectivity index (χ2v) is 4.43. The highest BCUT2D eigenvalue weighted by molar-refractivity contribution is 5.81. The zero-order valence-electron chi connectivity index (χ0n) is 12.0. The van der Waals surface area contributed by atoms with E-state index in [1.54, 1.807) is 6.92 Å². The third kappa shape index (κ3) is 5.23. The van der Waals surface area contributed by atoms with E-state index in [4.69, 9.17) is 9.26 Å². The molecule has 0 fully saturated rings. The standard InChI is InChI=1S/C14H16N4O4/c1-10-17-13(22-18-10)8-15-12(19)7-16-14(20)21-9-11-5-3-2-4-6-11/h2-6H,7-9H2,1H3,(H,15,19)(H,16,20). The van der Waals surface area contributed by atoms with Gasteiger partial charge in [-0.05, 0) is 12.5 Å². The molecule has 0 aliphatic rings. The van der Waals surface area contributed by atoms with Crippen LogP contribution >= 0.6 is 0 Å². The van der Waals surface area contributed by atoms with Crippen molar-refractivity contribution in [3.8, 4) is 0 Å². The molecule has 22 heavy (non-hydrogen) atoms. The minimum atomic E-state index is -0.660. The summed E-state index contributed by atoms with van der Waals surface area (Å²) in [6.45, 7) is 1.75.